The van der Waals surface area contributed by atoms with E-state index in [0.717, 1.165) is 16.5 Å². The molecule has 1 N–H and O–H groups in total. The number of anilines is 1. The molecule has 7 heteroatoms. The zero-order valence-electron chi connectivity index (χ0n) is 10.6. The van der Waals surface area contributed by atoms with E-state index in [1.165, 1.54) is 4.88 Å². The normalized spacial score (nSPS) is 10.8. The summed E-state index contributed by atoms with van der Waals surface area (Å²) in [6.07, 6.45) is 3.59. The van der Waals surface area contributed by atoms with E-state index in [1.54, 1.807) is 29.2 Å². The molecule has 0 aliphatic heterocycles. The van der Waals surface area contributed by atoms with E-state index in [1.807, 2.05) is 25.3 Å². The van der Waals surface area contributed by atoms with Crippen molar-refractivity contribution in [2.24, 2.45) is 0 Å². The number of ether oxygens (including phenoxy) is 1. The quantitative estimate of drug-likeness (QED) is 0.790. The zero-order chi connectivity index (χ0) is 13.2. The molecule has 0 spiro atoms. The molecule has 0 saturated carbocycles. The molecule has 0 aromatic carbocycles. The number of aromatic nitrogens is 4. The number of nitrogens with zero attached hydrogens (tertiary/aromatic N) is 4. The molecular weight excluding hydrogens is 262 g/mol. The minimum absolute atomic E-state index is 0.566. The van der Waals surface area contributed by atoms with Gasteiger partial charge in [-0.2, -0.15) is 14.6 Å². The molecule has 0 bridgehead atoms. The maximum Gasteiger partial charge on any atom is 0.218 e. The highest BCUT2D eigenvalue weighted by Gasteiger charge is 2.07. The van der Waals surface area contributed by atoms with Crippen LogP contribution in [0.2, 0.25) is 0 Å². The molecule has 19 heavy (non-hydrogen) atoms. The molecular formula is C12H13N5OS. The van der Waals surface area contributed by atoms with Gasteiger partial charge < -0.3 is 10.1 Å². The first-order valence-electron chi connectivity index (χ1n) is 5.80. The highest BCUT2D eigenvalue weighted by atomic mass is 32.1. The van der Waals surface area contributed by atoms with E-state index in [9.17, 15) is 0 Å². The summed E-state index contributed by atoms with van der Waals surface area (Å²) < 4.78 is 6.93. The Bertz CT molecular complexity index is 705. The number of aryl methyl sites for hydroxylation is 1. The molecule has 0 radical (unpaired) electrons. The van der Waals surface area contributed by atoms with Gasteiger partial charge in [0.1, 0.15) is 5.82 Å². The Labute approximate surface area is 114 Å². The topological polar surface area (TPSA) is 64.3 Å². The summed E-state index contributed by atoms with van der Waals surface area (Å²) in [7, 11) is 1.60. The van der Waals surface area contributed by atoms with Crippen LogP contribution in [0.1, 0.15) is 9.88 Å². The van der Waals surface area contributed by atoms with Crippen LogP contribution >= 0.6 is 11.3 Å². The Balaban J connectivity index is 1.88. The van der Waals surface area contributed by atoms with Gasteiger partial charge in [-0.25, -0.2) is 4.98 Å². The van der Waals surface area contributed by atoms with Crippen molar-refractivity contribution in [3.63, 3.8) is 0 Å². The van der Waals surface area contributed by atoms with Crippen LogP contribution in [-0.4, -0.2) is 26.7 Å². The summed E-state index contributed by atoms with van der Waals surface area (Å²) in [6, 6.07) is 3.67. The largest absolute Gasteiger partial charge is 0.481 e. The van der Waals surface area contributed by atoms with Crippen LogP contribution in [0.3, 0.4) is 0 Å². The summed E-state index contributed by atoms with van der Waals surface area (Å²) in [5.74, 6) is 1.41. The highest BCUT2D eigenvalue weighted by molar-refractivity contribution is 7.11. The molecule has 0 unspecified atom stereocenters. The molecule has 0 atom stereocenters. The Morgan fingerprint density at radius 1 is 1.47 bits per heavy atom. The van der Waals surface area contributed by atoms with Gasteiger partial charge in [-0.3, -0.25) is 0 Å². The third-order valence-electron chi connectivity index (χ3n) is 2.66. The van der Waals surface area contributed by atoms with Gasteiger partial charge in [0.05, 0.1) is 24.9 Å². The van der Waals surface area contributed by atoms with Crippen LogP contribution in [0.4, 0.5) is 5.82 Å². The maximum atomic E-state index is 5.19. The molecule has 0 amide bonds. The van der Waals surface area contributed by atoms with Crippen molar-refractivity contribution in [3.8, 4) is 5.88 Å². The van der Waals surface area contributed by atoms with Crippen molar-refractivity contribution in [3.05, 3.63) is 34.4 Å². The lowest BCUT2D eigenvalue weighted by Crippen LogP contribution is -2.05. The number of methoxy groups -OCH3 is 1. The predicted octanol–water partition coefficient (Wildman–Crippen LogP) is 2.11. The Kier molecular flexibility index (Phi) is 3.04. The third-order valence-corrected chi connectivity index (χ3v) is 3.57. The lowest BCUT2D eigenvalue weighted by atomic mass is 10.5. The zero-order valence-corrected chi connectivity index (χ0v) is 11.4. The first-order valence-corrected chi connectivity index (χ1v) is 6.62. The minimum Gasteiger partial charge on any atom is -0.481 e. The van der Waals surface area contributed by atoms with Gasteiger partial charge in [0.2, 0.25) is 5.88 Å². The summed E-state index contributed by atoms with van der Waals surface area (Å²) >= 11 is 1.67. The first kappa shape index (κ1) is 11.9. The lowest BCUT2D eigenvalue weighted by Gasteiger charge is -2.08. The molecule has 3 heterocycles. The lowest BCUT2D eigenvalue weighted by molar-refractivity contribution is 0.398. The Hall–Kier alpha value is -2.15. The summed E-state index contributed by atoms with van der Waals surface area (Å²) in [5.41, 5.74) is 0.752. The van der Waals surface area contributed by atoms with Crippen molar-refractivity contribution in [1.82, 2.24) is 19.6 Å². The van der Waals surface area contributed by atoms with Gasteiger partial charge in [0.25, 0.3) is 0 Å². The molecule has 0 aliphatic carbocycles. The minimum atomic E-state index is 0.566. The average Bonchev–Trinajstić information content (AvgIpc) is 3.04. The highest BCUT2D eigenvalue weighted by Crippen LogP contribution is 2.19. The van der Waals surface area contributed by atoms with Crippen LogP contribution < -0.4 is 10.1 Å². The molecule has 0 aliphatic rings. The van der Waals surface area contributed by atoms with E-state index in [2.05, 4.69) is 20.4 Å². The molecule has 3 aromatic heterocycles. The van der Waals surface area contributed by atoms with Crippen LogP contribution in [0.25, 0.3) is 5.65 Å². The van der Waals surface area contributed by atoms with Gasteiger partial charge in [0.15, 0.2) is 5.65 Å². The van der Waals surface area contributed by atoms with E-state index in [0.29, 0.717) is 12.4 Å². The second-order valence-corrected chi connectivity index (χ2v) is 5.30. The summed E-state index contributed by atoms with van der Waals surface area (Å²) in [6.45, 7) is 2.70. The number of rotatable bonds is 4. The van der Waals surface area contributed by atoms with Crippen LogP contribution in [0, 0.1) is 6.92 Å². The second kappa shape index (κ2) is 4.85. The van der Waals surface area contributed by atoms with E-state index >= 15 is 0 Å². The Morgan fingerprint density at radius 2 is 2.37 bits per heavy atom. The number of nitrogens with one attached hydrogen (secondary N) is 1. The standard InChI is InChI=1S/C12H13N5OS/c1-8-13-6-9(19-8)7-14-11-5-12(18-2)16-10-3-4-15-17(10)11/h3-6,14H,7H2,1-2H3. The molecule has 6 nitrogen and oxygen atoms in total. The maximum absolute atomic E-state index is 5.19. The SMILES string of the molecule is COc1cc(NCc2cnc(C)s2)n2nccc2n1. The second-order valence-electron chi connectivity index (χ2n) is 3.98. The third kappa shape index (κ3) is 2.37. The molecule has 3 rings (SSSR count). The van der Waals surface area contributed by atoms with Crippen molar-refractivity contribution in [1.29, 1.82) is 0 Å². The number of fused-ring (bicyclic) bond motifs is 1. The first-order chi connectivity index (χ1) is 9.26. The van der Waals surface area contributed by atoms with E-state index in [4.69, 9.17) is 4.74 Å². The monoisotopic (exact) mass is 275 g/mol. The summed E-state index contributed by atoms with van der Waals surface area (Å²) in [4.78, 5) is 9.71. The van der Waals surface area contributed by atoms with E-state index < -0.39 is 0 Å². The Morgan fingerprint density at radius 3 is 3.11 bits per heavy atom. The fourth-order valence-electron chi connectivity index (χ4n) is 1.79. The molecule has 98 valence electrons. The molecule has 0 fully saturated rings. The van der Waals surface area contributed by atoms with Gasteiger partial charge in [-0.1, -0.05) is 0 Å². The van der Waals surface area contributed by atoms with E-state index in [-0.39, 0.29) is 0 Å². The summed E-state index contributed by atoms with van der Waals surface area (Å²) in [5, 5.41) is 8.63. The fraction of sp³-hybridized carbons (Fsp3) is 0.250. The van der Waals surface area contributed by atoms with Crippen LogP contribution in [0.15, 0.2) is 24.5 Å². The average molecular weight is 275 g/mol. The van der Waals surface area contributed by atoms with Gasteiger partial charge in [-0.05, 0) is 6.92 Å². The predicted molar refractivity (Wildman–Crippen MR) is 73.7 cm³/mol. The van der Waals surface area contributed by atoms with Gasteiger partial charge in [-0.15, -0.1) is 11.3 Å². The fourth-order valence-corrected chi connectivity index (χ4v) is 2.52. The van der Waals surface area contributed by atoms with Crippen molar-refractivity contribution in [2.75, 3.05) is 12.4 Å². The van der Waals surface area contributed by atoms with Gasteiger partial charge >= 0.3 is 0 Å². The van der Waals surface area contributed by atoms with Crippen LogP contribution in [0.5, 0.6) is 5.88 Å². The van der Waals surface area contributed by atoms with Crippen LogP contribution in [-0.2, 0) is 6.54 Å². The molecule has 0 saturated heterocycles. The van der Waals surface area contributed by atoms with Crippen molar-refractivity contribution in [2.45, 2.75) is 13.5 Å². The number of thiazole rings is 1. The van der Waals surface area contributed by atoms with Crippen molar-refractivity contribution >= 4 is 22.8 Å². The van der Waals surface area contributed by atoms with Crippen molar-refractivity contribution < 1.29 is 4.74 Å². The number of hydrogen-bond donors (Lipinski definition) is 1. The smallest absolute Gasteiger partial charge is 0.218 e. The van der Waals surface area contributed by atoms with Gasteiger partial charge in [0, 0.05) is 23.2 Å². The number of hydrogen-bond acceptors (Lipinski definition) is 6. The molecule has 3 aromatic rings.